The Kier molecular flexibility index (Phi) is 6.36. The maximum atomic E-state index is 12.4. The average molecular weight is 484 g/mol. The van der Waals surface area contributed by atoms with Gasteiger partial charge in [0.2, 0.25) is 11.8 Å². The Morgan fingerprint density at radius 2 is 2.00 bits per heavy atom. The van der Waals surface area contributed by atoms with Crippen LogP contribution in [0.25, 0.3) is 0 Å². The molecule has 0 radical (unpaired) electrons. The number of methoxy groups -OCH3 is 1. The molecule has 0 aliphatic carbocycles. The summed E-state index contributed by atoms with van der Waals surface area (Å²) >= 11 is 3.52. The van der Waals surface area contributed by atoms with E-state index in [1.54, 1.807) is 14.0 Å². The standard InChI is InChI=1S/C23H22BrN3O4/c1-3-30-22(28)19-13-25-23(27-11-10-16-12-17(24)6-9-20(16)27)26-21(19)31-14-15-4-7-18(29-2)8-5-15/h4-9,12-13H,3,10-11,14H2,1-2H3. The molecule has 0 saturated carbocycles. The van der Waals surface area contributed by atoms with Crippen LogP contribution < -0.4 is 14.4 Å². The van der Waals surface area contributed by atoms with Gasteiger partial charge in [-0.1, -0.05) is 28.1 Å². The highest BCUT2D eigenvalue weighted by Gasteiger charge is 2.25. The first-order chi connectivity index (χ1) is 15.1. The van der Waals surface area contributed by atoms with Gasteiger partial charge >= 0.3 is 5.97 Å². The lowest BCUT2D eigenvalue weighted by Crippen LogP contribution is -2.18. The summed E-state index contributed by atoms with van der Waals surface area (Å²) in [4.78, 5) is 23.4. The fraction of sp³-hybridized carbons (Fsp3) is 0.261. The van der Waals surface area contributed by atoms with Crippen LogP contribution in [0.4, 0.5) is 11.6 Å². The van der Waals surface area contributed by atoms with E-state index in [2.05, 4.69) is 32.0 Å². The van der Waals surface area contributed by atoms with E-state index >= 15 is 0 Å². The van der Waals surface area contributed by atoms with Crippen LogP contribution in [0.1, 0.15) is 28.4 Å². The van der Waals surface area contributed by atoms with Crippen LogP contribution in [0.15, 0.2) is 53.1 Å². The molecule has 0 saturated heterocycles. The van der Waals surface area contributed by atoms with E-state index in [4.69, 9.17) is 14.2 Å². The van der Waals surface area contributed by atoms with Gasteiger partial charge in [0, 0.05) is 16.7 Å². The quantitative estimate of drug-likeness (QED) is 0.451. The molecule has 0 fully saturated rings. The van der Waals surface area contributed by atoms with Crippen molar-refractivity contribution in [3.63, 3.8) is 0 Å². The zero-order chi connectivity index (χ0) is 21.8. The van der Waals surface area contributed by atoms with Crippen LogP contribution in [-0.2, 0) is 17.8 Å². The molecule has 160 valence electrons. The van der Waals surface area contributed by atoms with Gasteiger partial charge in [-0.05, 0) is 54.8 Å². The molecule has 0 N–H and O–H groups in total. The van der Waals surface area contributed by atoms with Gasteiger partial charge < -0.3 is 19.1 Å². The predicted octanol–water partition coefficient (Wildman–Crippen LogP) is 4.70. The van der Waals surface area contributed by atoms with E-state index in [1.165, 1.54) is 11.8 Å². The summed E-state index contributed by atoms with van der Waals surface area (Å²) in [5, 5.41) is 0. The highest BCUT2D eigenvalue weighted by Crippen LogP contribution is 2.35. The molecule has 4 rings (SSSR count). The number of benzene rings is 2. The van der Waals surface area contributed by atoms with Crippen LogP contribution in [0.5, 0.6) is 11.6 Å². The molecule has 0 atom stereocenters. The minimum absolute atomic E-state index is 0.199. The minimum Gasteiger partial charge on any atom is -0.497 e. The molecule has 2 aromatic carbocycles. The summed E-state index contributed by atoms with van der Waals surface area (Å²) in [6, 6.07) is 13.6. The Morgan fingerprint density at radius 1 is 1.19 bits per heavy atom. The lowest BCUT2D eigenvalue weighted by atomic mass is 10.2. The van der Waals surface area contributed by atoms with Crippen molar-refractivity contribution < 1.29 is 19.0 Å². The van der Waals surface area contributed by atoms with Crippen LogP contribution in [0.2, 0.25) is 0 Å². The number of carbonyl (C=O) groups is 1. The molecule has 0 unspecified atom stereocenters. The van der Waals surface area contributed by atoms with Gasteiger partial charge in [-0.2, -0.15) is 4.98 Å². The van der Waals surface area contributed by atoms with E-state index in [0.29, 0.717) is 5.95 Å². The van der Waals surface area contributed by atoms with Crippen molar-refractivity contribution in [1.82, 2.24) is 9.97 Å². The normalized spacial score (nSPS) is 12.4. The van der Waals surface area contributed by atoms with E-state index in [9.17, 15) is 4.79 Å². The van der Waals surface area contributed by atoms with Crippen molar-refractivity contribution in [2.75, 3.05) is 25.2 Å². The largest absolute Gasteiger partial charge is 0.497 e. The third-order valence-electron chi connectivity index (χ3n) is 4.95. The van der Waals surface area contributed by atoms with Gasteiger partial charge in [-0.15, -0.1) is 0 Å². The Labute approximate surface area is 189 Å². The molecular weight excluding hydrogens is 462 g/mol. The Hall–Kier alpha value is -3.13. The molecule has 3 aromatic rings. The van der Waals surface area contributed by atoms with Crippen molar-refractivity contribution in [2.45, 2.75) is 20.0 Å². The van der Waals surface area contributed by atoms with Gasteiger partial charge in [-0.25, -0.2) is 9.78 Å². The molecule has 0 amide bonds. The van der Waals surface area contributed by atoms with Gasteiger partial charge in [0.15, 0.2) is 0 Å². The third-order valence-corrected chi connectivity index (χ3v) is 5.44. The van der Waals surface area contributed by atoms with E-state index in [-0.39, 0.29) is 24.7 Å². The summed E-state index contributed by atoms with van der Waals surface area (Å²) in [6.07, 6.45) is 2.36. The number of ether oxygens (including phenoxy) is 3. The number of halogens is 1. The predicted molar refractivity (Wildman–Crippen MR) is 120 cm³/mol. The zero-order valence-electron chi connectivity index (χ0n) is 17.3. The summed E-state index contributed by atoms with van der Waals surface area (Å²) in [6.45, 7) is 3.01. The first kappa shape index (κ1) is 21.1. The van der Waals surface area contributed by atoms with Crippen molar-refractivity contribution >= 4 is 33.5 Å². The number of hydrogen-bond donors (Lipinski definition) is 0. The number of hydrogen-bond acceptors (Lipinski definition) is 7. The Morgan fingerprint density at radius 3 is 2.74 bits per heavy atom. The number of anilines is 2. The van der Waals surface area contributed by atoms with E-state index in [1.807, 2.05) is 41.3 Å². The molecule has 1 aromatic heterocycles. The number of nitrogens with zero attached hydrogens (tertiary/aromatic N) is 3. The minimum atomic E-state index is -0.510. The highest BCUT2D eigenvalue weighted by atomic mass is 79.9. The summed E-state index contributed by atoms with van der Waals surface area (Å²) in [5.41, 5.74) is 3.39. The summed E-state index contributed by atoms with van der Waals surface area (Å²) in [5.74, 6) is 0.938. The fourth-order valence-electron chi connectivity index (χ4n) is 3.40. The van der Waals surface area contributed by atoms with E-state index in [0.717, 1.165) is 34.4 Å². The number of esters is 1. The van der Waals surface area contributed by atoms with Gasteiger partial charge in [-0.3, -0.25) is 0 Å². The Bertz CT molecular complexity index is 1090. The number of carbonyl (C=O) groups excluding carboxylic acids is 1. The van der Waals surface area contributed by atoms with Crippen molar-refractivity contribution in [1.29, 1.82) is 0 Å². The second kappa shape index (κ2) is 9.34. The lowest BCUT2D eigenvalue weighted by molar-refractivity contribution is 0.0519. The van der Waals surface area contributed by atoms with Crippen LogP contribution in [0, 0.1) is 0 Å². The van der Waals surface area contributed by atoms with Gasteiger partial charge in [0.05, 0.1) is 19.9 Å². The highest BCUT2D eigenvalue weighted by molar-refractivity contribution is 9.10. The van der Waals surface area contributed by atoms with Gasteiger partial charge in [0.1, 0.15) is 17.9 Å². The molecule has 2 heterocycles. The zero-order valence-corrected chi connectivity index (χ0v) is 18.9. The second-order valence-corrected chi connectivity index (χ2v) is 7.84. The van der Waals surface area contributed by atoms with Crippen molar-refractivity contribution in [3.05, 3.63) is 69.8 Å². The lowest BCUT2D eigenvalue weighted by Gasteiger charge is -2.19. The molecule has 1 aliphatic rings. The second-order valence-electron chi connectivity index (χ2n) is 6.92. The first-order valence-corrected chi connectivity index (χ1v) is 10.7. The summed E-state index contributed by atoms with van der Waals surface area (Å²) in [7, 11) is 1.62. The van der Waals surface area contributed by atoms with Crippen LogP contribution >= 0.6 is 15.9 Å². The maximum absolute atomic E-state index is 12.4. The number of aromatic nitrogens is 2. The number of rotatable bonds is 7. The van der Waals surface area contributed by atoms with Gasteiger partial charge in [0.25, 0.3) is 0 Å². The topological polar surface area (TPSA) is 73.8 Å². The smallest absolute Gasteiger partial charge is 0.345 e. The maximum Gasteiger partial charge on any atom is 0.345 e. The molecule has 1 aliphatic heterocycles. The molecule has 7 nitrogen and oxygen atoms in total. The molecule has 31 heavy (non-hydrogen) atoms. The molecule has 8 heteroatoms. The van der Waals surface area contributed by atoms with E-state index < -0.39 is 5.97 Å². The Balaban J connectivity index is 1.62. The fourth-order valence-corrected chi connectivity index (χ4v) is 3.81. The monoisotopic (exact) mass is 483 g/mol. The third kappa shape index (κ3) is 4.64. The van der Waals surface area contributed by atoms with Crippen LogP contribution in [-0.4, -0.2) is 36.2 Å². The molecule has 0 bridgehead atoms. The van der Waals surface area contributed by atoms with Crippen LogP contribution in [0.3, 0.4) is 0 Å². The molecule has 0 spiro atoms. The van der Waals surface area contributed by atoms with Crippen molar-refractivity contribution in [3.8, 4) is 11.6 Å². The first-order valence-electron chi connectivity index (χ1n) is 9.95. The SMILES string of the molecule is CCOC(=O)c1cnc(N2CCc3cc(Br)ccc32)nc1OCc1ccc(OC)cc1. The average Bonchev–Trinajstić information content (AvgIpc) is 3.21. The summed E-state index contributed by atoms with van der Waals surface area (Å²) < 4.78 is 17.3. The number of fused-ring (bicyclic) bond motifs is 1. The van der Waals surface area contributed by atoms with Crippen molar-refractivity contribution in [2.24, 2.45) is 0 Å². The molecular formula is C23H22BrN3O4.